The first-order valence-corrected chi connectivity index (χ1v) is 35.0. The van der Waals surface area contributed by atoms with Crippen LogP contribution in [-0.4, -0.2) is 96.7 Å². The van der Waals surface area contributed by atoms with Crippen molar-refractivity contribution in [3.8, 4) is 0 Å². The summed E-state index contributed by atoms with van der Waals surface area (Å²) in [4.78, 5) is 71.8. The Morgan fingerprint density at radius 3 is 0.950 bits per heavy atom. The van der Waals surface area contributed by atoms with E-state index in [9.17, 15) is 43.2 Å². The van der Waals surface area contributed by atoms with Gasteiger partial charge in [-0.2, -0.15) is 0 Å². The molecule has 0 aromatic heterocycles. The van der Waals surface area contributed by atoms with Gasteiger partial charge in [-0.05, 0) is 37.5 Å². The van der Waals surface area contributed by atoms with Crippen LogP contribution in [0.4, 0.5) is 0 Å². The molecule has 0 aliphatic rings. The molecule has 17 nitrogen and oxygen atoms in total. The maximum absolute atomic E-state index is 12.9. The molecule has 0 spiro atoms. The fourth-order valence-electron chi connectivity index (χ4n) is 8.97. The van der Waals surface area contributed by atoms with Crippen molar-refractivity contribution in [1.29, 1.82) is 0 Å². The van der Waals surface area contributed by atoms with E-state index in [1.165, 1.54) is 109 Å². The highest BCUT2D eigenvalue weighted by Gasteiger charge is 2.30. The van der Waals surface area contributed by atoms with Crippen molar-refractivity contribution in [2.45, 2.75) is 317 Å². The third-order valence-electron chi connectivity index (χ3n) is 14.3. The Hall–Kier alpha value is -1.94. The van der Waals surface area contributed by atoms with Crippen molar-refractivity contribution < 1.29 is 80.2 Å². The first-order chi connectivity index (χ1) is 38.4. The van der Waals surface area contributed by atoms with Crippen molar-refractivity contribution in [2.24, 2.45) is 11.8 Å². The average molecular weight is 1190 g/mol. The van der Waals surface area contributed by atoms with E-state index >= 15 is 0 Å². The molecule has 3 unspecified atom stereocenters. The lowest BCUT2D eigenvalue weighted by molar-refractivity contribution is -0.161. The molecular weight excluding hydrogens is 1070 g/mol. The van der Waals surface area contributed by atoms with Gasteiger partial charge in [0, 0.05) is 25.7 Å². The number of ether oxygens (including phenoxy) is 4. The topological polar surface area (TPSA) is 237 Å². The summed E-state index contributed by atoms with van der Waals surface area (Å²) in [6.07, 6.45) is 35.2. The number of carbonyl (C=O) groups is 4. The molecule has 3 N–H and O–H groups in total. The summed E-state index contributed by atoms with van der Waals surface area (Å²) in [5.41, 5.74) is 0. The Kier molecular flexibility index (Phi) is 52.5. The minimum Gasteiger partial charge on any atom is -0.462 e. The molecule has 80 heavy (non-hydrogen) atoms. The summed E-state index contributed by atoms with van der Waals surface area (Å²) in [7, 11) is -9.87. The van der Waals surface area contributed by atoms with Gasteiger partial charge in [0.25, 0.3) is 0 Å². The van der Waals surface area contributed by atoms with Crippen LogP contribution in [-0.2, 0) is 65.4 Å². The quantitative estimate of drug-likeness (QED) is 0.0222. The minimum atomic E-state index is -4.94. The fourth-order valence-corrected chi connectivity index (χ4v) is 10.5. The molecular formula is C61H118O17P2. The molecule has 0 aromatic rings. The average Bonchev–Trinajstić information content (AvgIpc) is 3.42. The summed E-state index contributed by atoms with van der Waals surface area (Å²) in [5, 5.41) is 10.5. The number of aliphatic hydroxyl groups is 1. The van der Waals surface area contributed by atoms with Gasteiger partial charge in [-0.3, -0.25) is 37.3 Å². The number of unbranched alkanes of at least 4 members (excludes halogenated alkanes) is 29. The van der Waals surface area contributed by atoms with E-state index in [-0.39, 0.29) is 25.7 Å². The van der Waals surface area contributed by atoms with Gasteiger partial charge < -0.3 is 33.8 Å². The zero-order chi connectivity index (χ0) is 59.4. The van der Waals surface area contributed by atoms with E-state index in [0.717, 1.165) is 102 Å². The Bertz CT molecular complexity index is 1580. The van der Waals surface area contributed by atoms with E-state index in [4.69, 9.17) is 37.0 Å². The summed E-state index contributed by atoms with van der Waals surface area (Å²) < 4.78 is 67.7. The molecule has 0 aromatic carbocycles. The summed E-state index contributed by atoms with van der Waals surface area (Å²) in [6.45, 7) is 9.32. The van der Waals surface area contributed by atoms with Crippen LogP contribution in [0.25, 0.3) is 0 Å². The van der Waals surface area contributed by atoms with E-state index in [0.29, 0.717) is 31.6 Å². The SMILES string of the molecule is CCCCCCCCCCCCCCCC(=O)O[C@H](COC(=O)CCCCCCCCCCC(C)CC)COP(=O)(O)OC[C@@H](O)COP(=O)(O)OC[C@@H](COC(=O)CCCCCCC)OC(=O)CCCCCCCCCC(C)C. The van der Waals surface area contributed by atoms with Crippen LogP contribution in [0.3, 0.4) is 0 Å². The number of carbonyl (C=O) groups excluding carboxylic acids is 4. The number of hydrogen-bond acceptors (Lipinski definition) is 15. The number of phosphoric acid groups is 2. The second-order valence-electron chi connectivity index (χ2n) is 22.8. The second-order valence-corrected chi connectivity index (χ2v) is 25.7. The standard InChI is InChI=1S/C61H118O17P2/c1-7-10-12-14-15-16-17-18-19-20-27-33-39-45-60(65)78-57(50-72-59(64)44-38-32-26-22-21-25-31-36-42-54(6)9-3)52-76-80(69,70)74-48-55(62)47-73-79(67,68)75-51-56(49-71-58(63)43-37-29-13-11-8-2)77-61(66)46-40-34-28-23-24-30-35-41-53(4)5/h53-57,62H,7-52H2,1-6H3,(H,67,68)(H,69,70)/t54?,55-,56+,57+/m0/s1. The summed E-state index contributed by atoms with van der Waals surface area (Å²) >= 11 is 0. The predicted molar refractivity (Wildman–Crippen MR) is 317 cm³/mol. The maximum Gasteiger partial charge on any atom is 0.472 e. The molecule has 0 aliphatic carbocycles. The van der Waals surface area contributed by atoms with Gasteiger partial charge in [-0.15, -0.1) is 0 Å². The van der Waals surface area contributed by atoms with E-state index in [1.807, 2.05) is 0 Å². The van der Waals surface area contributed by atoms with Gasteiger partial charge in [0.05, 0.1) is 26.4 Å². The lowest BCUT2D eigenvalue weighted by Crippen LogP contribution is -2.30. The number of phosphoric ester groups is 2. The van der Waals surface area contributed by atoms with Crippen molar-refractivity contribution in [3.05, 3.63) is 0 Å². The van der Waals surface area contributed by atoms with E-state index in [1.54, 1.807) is 0 Å². The highest BCUT2D eigenvalue weighted by atomic mass is 31.2. The number of hydrogen-bond donors (Lipinski definition) is 3. The lowest BCUT2D eigenvalue weighted by atomic mass is 9.99. The normalized spacial score (nSPS) is 14.7. The summed E-state index contributed by atoms with van der Waals surface area (Å²) in [5.74, 6) is -0.676. The Labute approximate surface area is 486 Å². The van der Waals surface area contributed by atoms with E-state index < -0.39 is 97.5 Å². The molecule has 0 radical (unpaired) electrons. The largest absolute Gasteiger partial charge is 0.472 e. The van der Waals surface area contributed by atoms with Crippen molar-refractivity contribution in [2.75, 3.05) is 39.6 Å². The predicted octanol–water partition coefficient (Wildman–Crippen LogP) is 16.5. The van der Waals surface area contributed by atoms with Crippen LogP contribution >= 0.6 is 15.6 Å². The minimum absolute atomic E-state index is 0.102. The molecule has 0 heterocycles. The summed E-state index contributed by atoms with van der Waals surface area (Å²) in [6, 6.07) is 0. The monoisotopic (exact) mass is 1180 g/mol. The Morgan fingerprint density at radius 2 is 0.637 bits per heavy atom. The first kappa shape index (κ1) is 78.1. The number of aliphatic hydroxyl groups excluding tert-OH is 1. The zero-order valence-electron chi connectivity index (χ0n) is 51.4. The third kappa shape index (κ3) is 54.0. The molecule has 6 atom stereocenters. The van der Waals surface area contributed by atoms with Crippen LogP contribution < -0.4 is 0 Å². The van der Waals surface area contributed by atoms with Gasteiger partial charge in [0.1, 0.15) is 19.3 Å². The van der Waals surface area contributed by atoms with Gasteiger partial charge in [0.2, 0.25) is 0 Å². The van der Waals surface area contributed by atoms with Crippen LogP contribution in [0, 0.1) is 11.8 Å². The third-order valence-corrected chi connectivity index (χ3v) is 16.2. The molecule has 0 bridgehead atoms. The molecule has 0 saturated carbocycles. The highest BCUT2D eigenvalue weighted by molar-refractivity contribution is 7.47. The van der Waals surface area contributed by atoms with Crippen LogP contribution in [0.2, 0.25) is 0 Å². The highest BCUT2D eigenvalue weighted by Crippen LogP contribution is 2.45. The van der Waals surface area contributed by atoms with Gasteiger partial charge in [-0.25, -0.2) is 9.13 Å². The van der Waals surface area contributed by atoms with Gasteiger partial charge >= 0.3 is 39.5 Å². The van der Waals surface area contributed by atoms with E-state index in [2.05, 4.69) is 41.5 Å². The lowest BCUT2D eigenvalue weighted by Gasteiger charge is -2.21. The van der Waals surface area contributed by atoms with Crippen LogP contribution in [0.15, 0.2) is 0 Å². The maximum atomic E-state index is 12.9. The van der Waals surface area contributed by atoms with Crippen molar-refractivity contribution in [3.63, 3.8) is 0 Å². The van der Waals surface area contributed by atoms with Crippen LogP contribution in [0.5, 0.6) is 0 Å². The molecule has 0 saturated heterocycles. The zero-order valence-corrected chi connectivity index (χ0v) is 53.2. The van der Waals surface area contributed by atoms with Gasteiger partial charge in [-0.1, -0.05) is 247 Å². The fraction of sp³-hybridized carbons (Fsp3) is 0.934. The second kappa shape index (κ2) is 53.8. The molecule has 0 aliphatic heterocycles. The number of esters is 4. The smallest absolute Gasteiger partial charge is 0.462 e. The molecule has 0 rings (SSSR count). The number of rotatable bonds is 60. The van der Waals surface area contributed by atoms with Crippen molar-refractivity contribution >= 4 is 39.5 Å². The van der Waals surface area contributed by atoms with Crippen molar-refractivity contribution in [1.82, 2.24) is 0 Å². The molecule has 0 fully saturated rings. The van der Waals surface area contributed by atoms with Gasteiger partial charge in [0.15, 0.2) is 12.2 Å². The molecule has 19 heteroatoms. The first-order valence-electron chi connectivity index (χ1n) is 32.0. The molecule has 0 amide bonds. The van der Waals surface area contributed by atoms with Crippen LogP contribution in [0.1, 0.15) is 298 Å². The Balaban J connectivity index is 5.19. The molecule has 474 valence electrons. The Morgan fingerprint density at radius 1 is 0.362 bits per heavy atom.